The fraction of sp³-hybridized carbons (Fsp3) is 0.589. The number of aliphatic hydroxyl groups is 1. The summed E-state index contributed by atoms with van der Waals surface area (Å²) in [6.07, 6.45) is 48.1. The third-order valence-electron chi connectivity index (χ3n) is 16.1. The normalized spacial score (nSPS) is 12.7. The van der Waals surface area contributed by atoms with Crippen molar-refractivity contribution in [3.8, 4) is 0 Å². The maximum Gasteiger partial charge on any atom is 1.00 e. The minimum Gasteiger partial charge on any atom is -0.662 e. The van der Waals surface area contributed by atoms with E-state index in [0.29, 0.717) is 6.61 Å². The van der Waals surface area contributed by atoms with Crippen LogP contribution in [0, 0.1) is 0 Å². The molecule has 0 spiro atoms. The average molecular weight is 1180 g/mol. The molecule has 0 aliphatic heterocycles. The number of aldehydes is 1. The molecule has 0 aliphatic carbocycles. The SMILES string of the molecule is CCC(CC/C=C\CCCCCCCCCCCCC=O)O[Si](c1ccccc1)(c1ccccc1)C(C)(C)C.CCC(CC/C=C\CCCCCCCCCCCCCO)O[Si](c1ccccc1)(c1ccccc1)C(C)(C)C.O=CO[O-].[Na+]. The summed E-state index contributed by atoms with van der Waals surface area (Å²) in [5, 5.41) is 22.8. The van der Waals surface area contributed by atoms with Crippen LogP contribution in [0.3, 0.4) is 0 Å². The number of benzene rings is 4. The summed E-state index contributed by atoms with van der Waals surface area (Å²) < 4.78 is 14.7. The van der Waals surface area contributed by atoms with E-state index in [1.807, 2.05) is 0 Å². The van der Waals surface area contributed by atoms with Crippen LogP contribution >= 0.6 is 0 Å². The van der Waals surface area contributed by atoms with Crippen molar-refractivity contribution in [2.45, 2.75) is 270 Å². The van der Waals surface area contributed by atoms with Crippen LogP contribution in [-0.4, -0.2) is 53.3 Å². The van der Waals surface area contributed by atoms with Crippen LogP contribution < -0.4 is 55.6 Å². The Kier molecular flexibility index (Phi) is 45.8. The molecule has 1 N–H and O–H groups in total. The molecule has 0 aromatic heterocycles. The zero-order chi connectivity index (χ0) is 59.9. The standard InChI is InChI=1S/C36H58O2Si.C36H56O2Si.CH2O3.Na/c2*1-5-33(27-21-17-15-13-11-9-7-6-8-10-12-14-16-18-26-32-37)38-39(36(2,3)4,34-28-22-19-23-29-34)35-30-24-20-25-31-35;2-1-4-3;/h15,17,19-20,22-25,28-31,33,37H,5-14,16,18,21,26-27,32H2,1-4H3;15,17,19-20,22-25,28-33H,5-14,16,18,21,26-27H2,1-4H3;1,3H;/q;;;+1/p-1/b2*17-15-;;. The molecular weight excluding hydrogens is 1070 g/mol. The molecule has 0 bridgehead atoms. The number of hydrogen-bond donors (Lipinski definition) is 1. The Morgan fingerprint density at radius 2 is 0.651 bits per heavy atom. The van der Waals surface area contributed by atoms with E-state index >= 15 is 0 Å². The van der Waals surface area contributed by atoms with Gasteiger partial charge in [0.15, 0.2) is 0 Å². The van der Waals surface area contributed by atoms with E-state index in [1.54, 1.807) is 0 Å². The molecule has 2 unspecified atom stereocenters. The molecule has 458 valence electrons. The van der Waals surface area contributed by atoms with Crippen molar-refractivity contribution in [3.05, 3.63) is 146 Å². The molecule has 83 heavy (non-hydrogen) atoms. The first-order valence-corrected chi connectivity index (χ1v) is 36.3. The van der Waals surface area contributed by atoms with E-state index in [1.165, 1.54) is 156 Å². The van der Waals surface area contributed by atoms with Gasteiger partial charge in [0.2, 0.25) is 0 Å². The van der Waals surface area contributed by atoms with Gasteiger partial charge in [0, 0.05) is 25.2 Å². The van der Waals surface area contributed by atoms with Gasteiger partial charge in [0.1, 0.15) is 6.29 Å². The molecule has 2 atom stereocenters. The second-order valence-corrected chi connectivity index (χ2v) is 33.1. The predicted molar refractivity (Wildman–Crippen MR) is 353 cm³/mol. The van der Waals surface area contributed by atoms with Gasteiger partial charge in [-0.2, -0.15) is 0 Å². The third-order valence-corrected chi connectivity index (χ3v) is 26.3. The minimum absolute atomic E-state index is 0. The number of aliphatic hydroxyl groups excluding tert-OH is 1. The molecule has 4 aromatic carbocycles. The van der Waals surface area contributed by atoms with Crippen molar-refractivity contribution in [2.24, 2.45) is 0 Å². The number of unbranched alkanes of at least 4 members (excludes halogenated alkanes) is 22. The molecule has 0 aliphatic rings. The molecule has 4 aromatic rings. The molecule has 0 radical (unpaired) electrons. The Hall–Kier alpha value is -3.23. The van der Waals surface area contributed by atoms with Crippen LogP contribution in [0.5, 0.6) is 0 Å². The number of allylic oxidation sites excluding steroid dienone is 4. The van der Waals surface area contributed by atoms with Crippen LogP contribution in [0.2, 0.25) is 10.1 Å². The van der Waals surface area contributed by atoms with Gasteiger partial charge in [-0.15, -0.1) is 0 Å². The molecule has 0 heterocycles. The van der Waals surface area contributed by atoms with Crippen molar-refractivity contribution in [2.75, 3.05) is 6.61 Å². The Balaban J connectivity index is 0.000000770. The number of carbonyl (C=O) groups is 2. The van der Waals surface area contributed by atoms with E-state index in [4.69, 9.17) is 24.0 Å². The summed E-state index contributed by atoms with van der Waals surface area (Å²) in [4.78, 5) is 21.6. The minimum atomic E-state index is -2.48. The molecule has 0 saturated carbocycles. The van der Waals surface area contributed by atoms with Gasteiger partial charge < -0.3 is 28.9 Å². The second kappa shape index (κ2) is 48.8. The summed E-state index contributed by atoms with van der Waals surface area (Å²) in [6.45, 7) is 18.9. The van der Waals surface area contributed by atoms with Gasteiger partial charge in [-0.05, 0) is 108 Å². The maximum absolute atomic E-state index is 10.3. The molecule has 10 heteroatoms. The first kappa shape index (κ1) is 77.8. The average Bonchev–Trinajstić information content (AvgIpc) is 3.67. The molecular formula is C73H115NaO7Si2. The van der Waals surface area contributed by atoms with E-state index in [-0.39, 0.29) is 58.3 Å². The quantitative estimate of drug-likeness (QED) is 0.0118. The van der Waals surface area contributed by atoms with E-state index in [9.17, 15) is 4.79 Å². The summed E-state index contributed by atoms with van der Waals surface area (Å²) in [5.74, 6) is 0. The van der Waals surface area contributed by atoms with Crippen LogP contribution in [0.25, 0.3) is 0 Å². The Morgan fingerprint density at radius 1 is 0.410 bits per heavy atom. The molecule has 7 nitrogen and oxygen atoms in total. The largest absolute Gasteiger partial charge is 1.00 e. The van der Waals surface area contributed by atoms with Crippen molar-refractivity contribution >= 4 is 50.1 Å². The predicted octanol–water partition coefficient (Wildman–Crippen LogP) is 14.3. The van der Waals surface area contributed by atoms with Crippen molar-refractivity contribution in [1.29, 1.82) is 0 Å². The number of carbonyl (C=O) groups excluding carboxylic acids is 2. The van der Waals surface area contributed by atoms with Crippen molar-refractivity contribution in [3.63, 3.8) is 0 Å². The summed E-state index contributed by atoms with van der Waals surface area (Å²) >= 11 is 0. The summed E-state index contributed by atoms with van der Waals surface area (Å²) in [5.41, 5.74) is 0. The molecule has 0 saturated heterocycles. The molecule has 0 amide bonds. The summed E-state index contributed by atoms with van der Waals surface area (Å²) in [7, 11) is -4.96. The zero-order valence-corrected chi connectivity index (χ0v) is 58.0. The van der Waals surface area contributed by atoms with Crippen molar-refractivity contribution < 1.29 is 63.2 Å². The first-order valence-electron chi connectivity index (χ1n) is 32.5. The van der Waals surface area contributed by atoms with Crippen LogP contribution in [0.4, 0.5) is 0 Å². The maximum atomic E-state index is 10.3. The van der Waals surface area contributed by atoms with Gasteiger partial charge in [0.25, 0.3) is 23.1 Å². The third kappa shape index (κ3) is 31.3. The molecule has 0 fully saturated rings. The van der Waals surface area contributed by atoms with E-state index in [0.717, 1.165) is 64.1 Å². The fourth-order valence-corrected chi connectivity index (χ4v) is 21.1. The Bertz CT molecular complexity index is 2080. The van der Waals surface area contributed by atoms with Gasteiger partial charge >= 0.3 is 29.6 Å². The first-order chi connectivity index (χ1) is 39.8. The van der Waals surface area contributed by atoms with Gasteiger partial charge in [0.05, 0.1) is 0 Å². The van der Waals surface area contributed by atoms with Gasteiger partial charge in [-0.25, -0.2) is 0 Å². The second-order valence-electron chi connectivity index (χ2n) is 24.6. The van der Waals surface area contributed by atoms with Crippen LogP contribution in [-0.2, 0) is 23.3 Å². The van der Waals surface area contributed by atoms with Crippen molar-refractivity contribution in [1.82, 2.24) is 0 Å². The Morgan fingerprint density at radius 3 is 0.880 bits per heavy atom. The van der Waals surface area contributed by atoms with Crippen LogP contribution in [0.1, 0.15) is 248 Å². The smallest absolute Gasteiger partial charge is 0.662 e. The van der Waals surface area contributed by atoms with Gasteiger partial charge in [-0.1, -0.05) is 310 Å². The number of hydrogen-bond acceptors (Lipinski definition) is 7. The zero-order valence-electron chi connectivity index (χ0n) is 54.0. The van der Waals surface area contributed by atoms with Crippen LogP contribution in [0.15, 0.2) is 146 Å². The molecule has 4 rings (SSSR count). The topological polar surface area (TPSA) is 105 Å². The Labute approximate surface area is 532 Å². The monoisotopic (exact) mass is 1180 g/mol. The van der Waals surface area contributed by atoms with E-state index in [2.05, 4.69) is 206 Å². The van der Waals surface area contributed by atoms with E-state index < -0.39 is 16.6 Å². The number of rotatable bonds is 43. The van der Waals surface area contributed by atoms with Gasteiger partial charge in [-0.3, -0.25) is 4.79 Å². The summed E-state index contributed by atoms with van der Waals surface area (Å²) in [6, 6.07) is 44.1. The fourth-order valence-electron chi connectivity index (χ4n) is 11.5.